The quantitative estimate of drug-likeness (QED) is 0.793. The molecule has 0 bridgehead atoms. The second-order valence-electron chi connectivity index (χ2n) is 3.69. The lowest BCUT2D eigenvalue weighted by atomic mass is 10.0. The molecule has 1 atom stereocenters. The maximum atomic E-state index is 11.8. The first-order valence-corrected chi connectivity index (χ1v) is 5.77. The van der Waals surface area contributed by atoms with Crippen molar-refractivity contribution < 1.29 is 9.59 Å². The molecule has 0 spiro atoms. The molecule has 1 fully saturated rings. The molecule has 0 unspecified atom stereocenters. The minimum Gasteiger partial charge on any atom is -0.320 e. The average molecular weight is 283 g/mol. The van der Waals surface area contributed by atoms with Crippen molar-refractivity contribution in [1.82, 2.24) is 0 Å². The van der Waals surface area contributed by atoms with E-state index in [2.05, 4.69) is 15.9 Å². The van der Waals surface area contributed by atoms with Crippen LogP contribution in [0.15, 0.2) is 28.7 Å². The highest BCUT2D eigenvalue weighted by Gasteiger charge is 2.32. The summed E-state index contributed by atoms with van der Waals surface area (Å²) in [7, 11) is 0. The maximum Gasteiger partial charge on any atom is 0.250 e. The van der Waals surface area contributed by atoms with Crippen molar-refractivity contribution in [3.05, 3.63) is 28.7 Å². The van der Waals surface area contributed by atoms with Crippen LogP contribution in [-0.2, 0) is 9.59 Å². The Bertz CT molecular complexity index is 430. The van der Waals surface area contributed by atoms with E-state index in [1.54, 1.807) is 24.3 Å². The van der Waals surface area contributed by atoms with Crippen LogP contribution in [0, 0.1) is 0 Å². The average Bonchev–Trinajstić information content (AvgIpc) is 2.27. The van der Waals surface area contributed by atoms with Crippen LogP contribution in [0.2, 0.25) is 0 Å². The molecule has 0 aromatic heterocycles. The molecule has 1 aliphatic heterocycles. The molecule has 2 amide bonds. The highest BCUT2D eigenvalue weighted by molar-refractivity contribution is 9.10. The number of hydrogen-bond acceptors (Lipinski definition) is 3. The van der Waals surface area contributed by atoms with E-state index in [4.69, 9.17) is 5.73 Å². The summed E-state index contributed by atoms with van der Waals surface area (Å²) in [6.07, 6.45) is 0.758. The number of piperidine rings is 1. The lowest BCUT2D eigenvalue weighted by Crippen LogP contribution is -2.51. The first-order valence-electron chi connectivity index (χ1n) is 4.97. The van der Waals surface area contributed by atoms with E-state index < -0.39 is 6.04 Å². The number of nitrogens with zero attached hydrogens (tertiary/aromatic N) is 1. The molecule has 0 saturated carbocycles. The van der Waals surface area contributed by atoms with Crippen LogP contribution >= 0.6 is 15.9 Å². The molecule has 1 aliphatic rings. The number of hydrogen-bond donors (Lipinski definition) is 1. The standard InChI is InChI=1S/C11H11BrN2O2/c12-7-1-3-8(4-2-7)14-10(15)6-5-9(13)11(14)16/h1-4,9H,5-6,13H2/t9-/m0/s1. The Kier molecular flexibility index (Phi) is 3.07. The Morgan fingerprint density at radius 3 is 2.50 bits per heavy atom. The number of benzene rings is 1. The number of imide groups is 1. The van der Waals surface area contributed by atoms with Gasteiger partial charge in [0, 0.05) is 10.9 Å². The zero-order chi connectivity index (χ0) is 11.7. The Hall–Kier alpha value is -1.20. The van der Waals surface area contributed by atoms with Crippen LogP contribution in [0.5, 0.6) is 0 Å². The summed E-state index contributed by atoms with van der Waals surface area (Å²) < 4.78 is 0.900. The first-order chi connectivity index (χ1) is 7.59. The highest BCUT2D eigenvalue weighted by atomic mass is 79.9. The number of rotatable bonds is 1. The van der Waals surface area contributed by atoms with Gasteiger partial charge in [-0.25, -0.2) is 4.90 Å². The summed E-state index contributed by atoms with van der Waals surface area (Å²) in [5, 5.41) is 0. The molecule has 1 saturated heterocycles. The fourth-order valence-electron chi connectivity index (χ4n) is 1.66. The highest BCUT2D eigenvalue weighted by Crippen LogP contribution is 2.23. The Morgan fingerprint density at radius 1 is 1.25 bits per heavy atom. The van der Waals surface area contributed by atoms with Gasteiger partial charge < -0.3 is 5.73 Å². The molecule has 84 valence electrons. The lowest BCUT2D eigenvalue weighted by molar-refractivity contribution is -0.130. The predicted molar refractivity (Wildman–Crippen MR) is 63.8 cm³/mol. The number of nitrogens with two attached hydrogens (primary N) is 1. The van der Waals surface area contributed by atoms with E-state index in [0.717, 1.165) is 4.47 Å². The lowest BCUT2D eigenvalue weighted by Gasteiger charge is -2.28. The molecule has 1 aromatic carbocycles. The number of carbonyl (C=O) groups excluding carboxylic acids is 2. The molecule has 1 aromatic rings. The van der Waals surface area contributed by atoms with Gasteiger partial charge in [-0.05, 0) is 30.7 Å². The van der Waals surface area contributed by atoms with Gasteiger partial charge in [-0.3, -0.25) is 9.59 Å². The third kappa shape index (κ3) is 2.01. The molecular weight excluding hydrogens is 272 g/mol. The zero-order valence-electron chi connectivity index (χ0n) is 8.52. The zero-order valence-corrected chi connectivity index (χ0v) is 10.1. The Morgan fingerprint density at radius 2 is 1.88 bits per heavy atom. The smallest absolute Gasteiger partial charge is 0.250 e. The minimum absolute atomic E-state index is 0.186. The van der Waals surface area contributed by atoms with Gasteiger partial charge in [0.05, 0.1) is 11.7 Å². The number of carbonyl (C=O) groups is 2. The maximum absolute atomic E-state index is 11.8. The Labute approximate surface area is 102 Å². The summed E-state index contributed by atoms with van der Waals surface area (Å²) in [6, 6.07) is 6.45. The second-order valence-corrected chi connectivity index (χ2v) is 4.60. The van der Waals surface area contributed by atoms with Crippen LogP contribution in [0.4, 0.5) is 5.69 Å². The van der Waals surface area contributed by atoms with Gasteiger partial charge in [-0.2, -0.15) is 0 Å². The molecule has 2 N–H and O–H groups in total. The number of amides is 2. The topological polar surface area (TPSA) is 63.4 Å². The first kappa shape index (κ1) is 11.3. The van der Waals surface area contributed by atoms with E-state index >= 15 is 0 Å². The van der Waals surface area contributed by atoms with Gasteiger partial charge in [0.2, 0.25) is 5.91 Å². The molecule has 1 heterocycles. The normalized spacial score (nSPS) is 21.4. The van der Waals surface area contributed by atoms with Gasteiger partial charge in [-0.1, -0.05) is 15.9 Å². The van der Waals surface area contributed by atoms with Crippen molar-refractivity contribution in [2.45, 2.75) is 18.9 Å². The summed E-state index contributed by atoms with van der Waals surface area (Å²) >= 11 is 3.30. The Balaban J connectivity index is 2.34. The molecule has 2 rings (SSSR count). The monoisotopic (exact) mass is 282 g/mol. The van der Waals surface area contributed by atoms with Crippen molar-refractivity contribution in [2.75, 3.05) is 4.90 Å². The van der Waals surface area contributed by atoms with E-state index in [-0.39, 0.29) is 11.8 Å². The largest absolute Gasteiger partial charge is 0.320 e. The summed E-state index contributed by atoms with van der Waals surface area (Å²) in [4.78, 5) is 24.6. The molecule has 0 aliphatic carbocycles. The van der Waals surface area contributed by atoms with Crippen LogP contribution in [0.1, 0.15) is 12.8 Å². The van der Waals surface area contributed by atoms with E-state index in [1.807, 2.05) is 0 Å². The van der Waals surface area contributed by atoms with Crippen LogP contribution in [0.25, 0.3) is 0 Å². The van der Waals surface area contributed by atoms with Crippen LogP contribution in [-0.4, -0.2) is 17.9 Å². The molecule has 16 heavy (non-hydrogen) atoms. The third-order valence-electron chi connectivity index (χ3n) is 2.54. The van der Waals surface area contributed by atoms with Gasteiger partial charge in [0.1, 0.15) is 0 Å². The van der Waals surface area contributed by atoms with Crippen LogP contribution < -0.4 is 10.6 Å². The SMILES string of the molecule is N[C@H]1CCC(=O)N(c2ccc(Br)cc2)C1=O. The number of halogens is 1. The summed E-state index contributed by atoms with van der Waals surface area (Å²) in [5.74, 6) is -0.507. The van der Waals surface area contributed by atoms with Crippen molar-refractivity contribution in [3.8, 4) is 0 Å². The van der Waals surface area contributed by atoms with Gasteiger partial charge in [0.25, 0.3) is 5.91 Å². The molecule has 5 heteroatoms. The molecular formula is C11H11BrN2O2. The van der Waals surface area contributed by atoms with E-state index in [9.17, 15) is 9.59 Å². The van der Waals surface area contributed by atoms with Gasteiger partial charge in [0.15, 0.2) is 0 Å². The number of anilines is 1. The van der Waals surface area contributed by atoms with Crippen molar-refractivity contribution >= 4 is 33.4 Å². The van der Waals surface area contributed by atoms with E-state index in [1.165, 1.54) is 4.90 Å². The van der Waals surface area contributed by atoms with Crippen LogP contribution in [0.3, 0.4) is 0 Å². The van der Waals surface area contributed by atoms with Crippen molar-refractivity contribution in [3.63, 3.8) is 0 Å². The van der Waals surface area contributed by atoms with Gasteiger partial charge in [-0.15, -0.1) is 0 Å². The molecule has 4 nitrogen and oxygen atoms in total. The third-order valence-corrected chi connectivity index (χ3v) is 3.07. The minimum atomic E-state index is -0.568. The van der Waals surface area contributed by atoms with Crippen molar-refractivity contribution in [1.29, 1.82) is 0 Å². The van der Waals surface area contributed by atoms with E-state index in [0.29, 0.717) is 18.5 Å². The predicted octanol–water partition coefficient (Wildman–Crippen LogP) is 1.43. The summed E-state index contributed by atoms with van der Waals surface area (Å²) in [6.45, 7) is 0. The second kappa shape index (κ2) is 4.35. The fraction of sp³-hybridized carbons (Fsp3) is 0.273. The van der Waals surface area contributed by atoms with Crippen molar-refractivity contribution in [2.24, 2.45) is 5.73 Å². The fourth-order valence-corrected chi connectivity index (χ4v) is 1.93. The molecule has 0 radical (unpaired) electrons. The summed E-state index contributed by atoms with van der Waals surface area (Å²) in [5.41, 5.74) is 6.22. The van der Waals surface area contributed by atoms with Gasteiger partial charge >= 0.3 is 0 Å².